The molecule has 102 valence electrons. The third-order valence-electron chi connectivity index (χ3n) is 3.61. The van der Waals surface area contributed by atoms with Crippen molar-refractivity contribution in [3.8, 4) is 0 Å². The number of carbonyl (C=O) groups excluding carboxylic acids is 1. The number of fused-ring (bicyclic) bond motifs is 1. The molecule has 20 heavy (non-hydrogen) atoms. The Morgan fingerprint density at radius 2 is 2.30 bits per heavy atom. The number of amides is 1. The van der Waals surface area contributed by atoms with Crippen LogP contribution in [-0.4, -0.2) is 17.4 Å². The van der Waals surface area contributed by atoms with Gasteiger partial charge in [-0.1, -0.05) is 6.07 Å². The zero-order chi connectivity index (χ0) is 13.9. The highest BCUT2D eigenvalue weighted by molar-refractivity contribution is 5.95. The van der Waals surface area contributed by atoms with E-state index in [1.54, 1.807) is 12.4 Å². The first-order valence-electron chi connectivity index (χ1n) is 6.81. The van der Waals surface area contributed by atoms with Gasteiger partial charge >= 0.3 is 0 Å². The zero-order valence-corrected chi connectivity index (χ0v) is 11.4. The summed E-state index contributed by atoms with van der Waals surface area (Å²) in [5, 5.41) is 6.30. The lowest BCUT2D eigenvalue weighted by Gasteiger charge is -2.14. The molecule has 1 aliphatic heterocycles. The molecule has 1 amide bonds. The molecule has 3 rings (SSSR count). The van der Waals surface area contributed by atoms with Gasteiger partial charge in [0.2, 0.25) is 0 Å². The summed E-state index contributed by atoms with van der Waals surface area (Å²) < 4.78 is 0. The average Bonchev–Trinajstić information content (AvgIpc) is 2.95. The summed E-state index contributed by atoms with van der Waals surface area (Å²) >= 11 is 0. The van der Waals surface area contributed by atoms with Gasteiger partial charge in [0.15, 0.2) is 0 Å². The Morgan fingerprint density at radius 1 is 1.40 bits per heavy atom. The molecule has 4 nitrogen and oxygen atoms in total. The van der Waals surface area contributed by atoms with Gasteiger partial charge in [-0.25, -0.2) is 0 Å². The van der Waals surface area contributed by atoms with Crippen molar-refractivity contribution in [1.82, 2.24) is 10.3 Å². The van der Waals surface area contributed by atoms with Gasteiger partial charge in [-0.3, -0.25) is 9.78 Å². The van der Waals surface area contributed by atoms with E-state index in [0.717, 1.165) is 24.2 Å². The van der Waals surface area contributed by atoms with Gasteiger partial charge in [-0.15, -0.1) is 0 Å². The van der Waals surface area contributed by atoms with E-state index in [2.05, 4.69) is 15.6 Å². The largest absolute Gasteiger partial charge is 0.384 e. The third-order valence-corrected chi connectivity index (χ3v) is 3.61. The number of benzene rings is 1. The average molecular weight is 267 g/mol. The highest BCUT2D eigenvalue weighted by Gasteiger charge is 2.15. The Kier molecular flexibility index (Phi) is 3.37. The molecule has 1 aromatic heterocycles. The molecule has 0 saturated heterocycles. The van der Waals surface area contributed by atoms with Crippen LogP contribution in [0.1, 0.15) is 34.5 Å². The van der Waals surface area contributed by atoms with Crippen LogP contribution in [0.3, 0.4) is 0 Å². The van der Waals surface area contributed by atoms with Crippen molar-refractivity contribution in [3.63, 3.8) is 0 Å². The molecule has 0 unspecified atom stereocenters. The van der Waals surface area contributed by atoms with Gasteiger partial charge in [-0.2, -0.15) is 0 Å². The van der Waals surface area contributed by atoms with Crippen molar-refractivity contribution in [2.45, 2.75) is 19.4 Å². The summed E-state index contributed by atoms with van der Waals surface area (Å²) in [6, 6.07) is 9.60. The number of anilines is 1. The standard InChI is InChI=1S/C16H17N3O/c1-11(14-3-2-7-17-10-14)19-16(20)13-4-5-15-12(9-13)6-8-18-15/h2-5,7,9-11,18H,6,8H2,1H3,(H,19,20)/t11-/m1/s1. The van der Waals surface area contributed by atoms with Crippen LogP contribution in [0.2, 0.25) is 0 Å². The van der Waals surface area contributed by atoms with Gasteiger partial charge in [0.25, 0.3) is 5.91 Å². The monoisotopic (exact) mass is 267 g/mol. The third kappa shape index (κ3) is 2.50. The second-order valence-electron chi connectivity index (χ2n) is 5.03. The molecular formula is C16H17N3O. The maximum Gasteiger partial charge on any atom is 0.251 e. The summed E-state index contributed by atoms with van der Waals surface area (Å²) in [5.74, 6) is -0.0453. The van der Waals surface area contributed by atoms with Crippen molar-refractivity contribution < 1.29 is 4.79 Å². The van der Waals surface area contributed by atoms with Crippen molar-refractivity contribution in [2.24, 2.45) is 0 Å². The van der Waals surface area contributed by atoms with E-state index in [4.69, 9.17) is 0 Å². The minimum atomic E-state index is -0.0532. The Bertz CT molecular complexity index is 625. The fourth-order valence-electron chi connectivity index (χ4n) is 2.44. The number of aromatic nitrogens is 1. The normalized spacial score (nSPS) is 14.2. The Labute approximate surface area is 118 Å². The molecule has 1 aliphatic rings. The highest BCUT2D eigenvalue weighted by atomic mass is 16.1. The molecule has 1 aromatic carbocycles. The smallest absolute Gasteiger partial charge is 0.251 e. The van der Waals surface area contributed by atoms with Crippen LogP contribution in [0.5, 0.6) is 0 Å². The van der Waals surface area contributed by atoms with Gasteiger partial charge in [0.05, 0.1) is 6.04 Å². The number of carbonyl (C=O) groups is 1. The molecule has 1 atom stereocenters. The lowest BCUT2D eigenvalue weighted by Crippen LogP contribution is -2.26. The lowest BCUT2D eigenvalue weighted by molar-refractivity contribution is 0.0940. The Morgan fingerprint density at radius 3 is 3.10 bits per heavy atom. The summed E-state index contributed by atoms with van der Waals surface area (Å²) in [6.45, 7) is 2.91. The van der Waals surface area contributed by atoms with Crippen molar-refractivity contribution in [3.05, 3.63) is 59.4 Å². The lowest BCUT2D eigenvalue weighted by atomic mass is 10.1. The van der Waals surface area contributed by atoms with Crippen LogP contribution in [0.25, 0.3) is 0 Å². The molecule has 0 bridgehead atoms. The number of hydrogen-bond donors (Lipinski definition) is 2. The Balaban J connectivity index is 1.73. The van der Waals surface area contributed by atoms with Crippen LogP contribution >= 0.6 is 0 Å². The number of nitrogens with one attached hydrogen (secondary N) is 2. The van der Waals surface area contributed by atoms with E-state index in [1.807, 2.05) is 37.3 Å². The molecule has 4 heteroatoms. The maximum atomic E-state index is 12.3. The fourth-order valence-corrected chi connectivity index (χ4v) is 2.44. The van der Waals surface area contributed by atoms with Crippen LogP contribution in [0.15, 0.2) is 42.7 Å². The molecule has 0 radical (unpaired) electrons. The maximum absolute atomic E-state index is 12.3. The van der Waals surface area contributed by atoms with Gasteiger partial charge < -0.3 is 10.6 Å². The fraction of sp³-hybridized carbons (Fsp3) is 0.250. The highest BCUT2D eigenvalue weighted by Crippen LogP contribution is 2.23. The second-order valence-corrected chi connectivity index (χ2v) is 5.03. The van der Waals surface area contributed by atoms with Crippen molar-refractivity contribution >= 4 is 11.6 Å². The van der Waals surface area contributed by atoms with E-state index in [9.17, 15) is 4.79 Å². The number of hydrogen-bond acceptors (Lipinski definition) is 3. The number of rotatable bonds is 3. The SMILES string of the molecule is C[C@@H](NC(=O)c1ccc2c(c1)CCN2)c1cccnc1. The van der Waals surface area contributed by atoms with Crippen molar-refractivity contribution in [1.29, 1.82) is 0 Å². The minimum Gasteiger partial charge on any atom is -0.384 e. The molecular weight excluding hydrogens is 250 g/mol. The molecule has 0 fully saturated rings. The van der Waals surface area contributed by atoms with Gasteiger partial charge in [-0.05, 0) is 48.7 Å². The summed E-state index contributed by atoms with van der Waals surface area (Å²) in [4.78, 5) is 16.3. The van der Waals surface area contributed by atoms with Crippen LogP contribution in [0, 0.1) is 0 Å². The number of nitrogens with zero attached hydrogens (tertiary/aromatic N) is 1. The second kappa shape index (κ2) is 5.33. The van der Waals surface area contributed by atoms with E-state index in [0.29, 0.717) is 5.56 Å². The molecule has 0 aliphatic carbocycles. The van der Waals surface area contributed by atoms with Crippen LogP contribution < -0.4 is 10.6 Å². The Hall–Kier alpha value is -2.36. The van der Waals surface area contributed by atoms with E-state index in [-0.39, 0.29) is 11.9 Å². The topological polar surface area (TPSA) is 54.0 Å². The van der Waals surface area contributed by atoms with Crippen LogP contribution in [0.4, 0.5) is 5.69 Å². The van der Waals surface area contributed by atoms with Gasteiger partial charge in [0, 0.05) is 30.2 Å². The molecule has 0 spiro atoms. The zero-order valence-electron chi connectivity index (χ0n) is 11.4. The predicted molar refractivity (Wildman–Crippen MR) is 78.8 cm³/mol. The summed E-state index contributed by atoms with van der Waals surface area (Å²) in [5.41, 5.74) is 4.07. The van der Waals surface area contributed by atoms with Gasteiger partial charge in [0.1, 0.15) is 0 Å². The minimum absolute atomic E-state index is 0.0453. The first kappa shape index (κ1) is 12.7. The van der Waals surface area contributed by atoms with E-state index >= 15 is 0 Å². The first-order valence-corrected chi connectivity index (χ1v) is 6.81. The molecule has 2 aromatic rings. The summed E-state index contributed by atoms with van der Waals surface area (Å²) in [7, 11) is 0. The van der Waals surface area contributed by atoms with Crippen LogP contribution in [-0.2, 0) is 6.42 Å². The predicted octanol–water partition coefficient (Wildman–Crippen LogP) is 2.54. The summed E-state index contributed by atoms with van der Waals surface area (Å²) in [6.07, 6.45) is 4.48. The number of pyridine rings is 1. The quantitative estimate of drug-likeness (QED) is 0.898. The van der Waals surface area contributed by atoms with E-state index < -0.39 is 0 Å². The molecule has 2 N–H and O–H groups in total. The molecule has 2 heterocycles. The molecule has 0 saturated carbocycles. The van der Waals surface area contributed by atoms with E-state index in [1.165, 1.54) is 5.56 Å². The van der Waals surface area contributed by atoms with Crippen molar-refractivity contribution in [2.75, 3.05) is 11.9 Å². The first-order chi connectivity index (χ1) is 9.74.